The van der Waals surface area contributed by atoms with Crippen molar-refractivity contribution in [2.45, 2.75) is 32.0 Å². The minimum absolute atomic E-state index is 0.0308. The van der Waals surface area contributed by atoms with Crippen molar-refractivity contribution >= 4 is 17.7 Å². The zero-order valence-electron chi connectivity index (χ0n) is 11.6. The maximum atomic E-state index is 10.7. The maximum absolute atomic E-state index is 10.7. The van der Waals surface area contributed by atoms with Crippen LogP contribution in [0.25, 0.3) is 11.4 Å². The van der Waals surface area contributed by atoms with Crippen molar-refractivity contribution in [2.75, 3.05) is 5.75 Å². The van der Waals surface area contributed by atoms with Gasteiger partial charge < -0.3 is 5.11 Å². The monoisotopic (exact) mass is 292 g/mol. The van der Waals surface area contributed by atoms with Gasteiger partial charge in [0.25, 0.3) is 0 Å². The van der Waals surface area contributed by atoms with Crippen LogP contribution in [-0.4, -0.2) is 36.6 Å². The topological polar surface area (TPSA) is 80.9 Å². The second-order valence-electron chi connectivity index (χ2n) is 4.64. The molecule has 1 N–H and O–H groups in total. The number of hydrogen-bond donors (Lipinski definition) is 1. The van der Waals surface area contributed by atoms with Crippen LogP contribution >= 0.6 is 11.8 Å². The third kappa shape index (κ3) is 3.16. The van der Waals surface area contributed by atoms with Crippen LogP contribution in [0.5, 0.6) is 0 Å². The van der Waals surface area contributed by atoms with Crippen molar-refractivity contribution in [1.82, 2.24) is 19.7 Å². The lowest BCUT2D eigenvalue weighted by Gasteiger charge is -2.13. The average molecular weight is 292 g/mol. The van der Waals surface area contributed by atoms with Crippen LogP contribution in [0, 0.1) is 6.92 Å². The van der Waals surface area contributed by atoms with Gasteiger partial charge in [0.15, 0.2) is 11.0 Å². The molecule has 2 rings (SSSR count). The fourth-order valence-electron chi connectivity index (χ4n) is 1.76. The highest BCUT2D eigenvalue weighted by Gasteiger charge is 2.17. The smallest absolute Gasteiger partial charge is 0.313 e. The van der Waals surface area contributed by atoms with E-state index in [0.717, 1.165) is 11.3 Å². The van der Waals surface area contributed by atoms with E-state index in [-0.39, 0.29) is 11.8 Å². The largest absolute Gasteiger partial charge is 0.481 e. The van der Waals surface area contributed by atoms with E-state index in [1.165, 1.54) is 11.8 Å². The van der Waals surface area contributed by atoms with Crippen LogP contribution in [0.2, 0.25) is 0 Å². The predicted octanol–water partition coefficient (Wildman–Crippen LogP) is 2.41. The van der Waals surface area contributed by atoms with Crippen LogP contribution in [0.1, 0.15) is 25.6 Å². The Labute approximate surface area is 121 Å². The molecule has 0 radical (unpaired) electrons. The van der Waals surface area contributed by atoms with E-state index in [0.29, 0.717) is 11.0 Å². The first-order valence-corrected chi connectivity index (χ1v) is 7.20. The van der Waals surface area contributed by atoms with Gasteiger partial charge in [0, 0.05) is 23.5 Å². The summed E-state index contributed by atoms with van der Waals surface area (Å²) in [5.74, 6) is -0.191. The molecule has 0 unspecified atom stereocenters. The lowest BCUT2D eigenvalue weighted by molar-refractivity contribution is -0.133. The molecule has 0 saturated carbocycles. The fourth-order valence-corrected chi connectivity index (χ4v) is 2.55. The number of carboxylic acid groups (broad SMARTS) is 1. The highest BCUT2D eigenvalue weighted by molar-refractivity contribution is 7.99. The van der Waals surface area contributed by atoms with E-state index in [9.17, 15) is 4.79 Å². The van der Waals surface area contributed by atoms with Crippen molar-refractivity contribution in [3.63, 3.8) is 0 Å². The predicted molar refractivity (Wildman–Crippen MR) is 76.7 cm³/mol. The van der Waals surface area contributed by atoms with E-state index in [1.54, 1.807) is 6.20 Å². The number of thioether (sulfide) groups is 1. The number of carbonyl (C=O) groups is 1. The Morgan fingerprint density at radius 3 is 2.70 bits per heavy atom. The first kappa shape index (κ1) is 14.5. The number of nitrogens with zero attached hydrogens (tertiary/aromatic N) is 4. The number of rotatable bonds is 5. The second kappa shape index (κ2) is 6.04. The van der Waals surface area contributed by atoms with Crippen molar-refractivity contribution in [3.05, 3.63) is 24.0 Å². The Morgan fingerprint density at radius 2 is 2.15 bits per heavy atom. The van der Waals surface area contributed by atoms with E-state index in [1.807, 2.05) is 37.5 Å². The summed E-state index contributed by atoms with van der Waals surface area (Å²) in [5.41, 5.74) is 1.81. The number of aliphatic carboxylic acids is 1. The second-order valence-corrected chi connectivity index (χ2v) is 5.58. The van der Waals surface area contributed by atoms with Crippen LogP contribution in [0.3, 0.4) is 0 Å². The molecule has 2 aromatic rings. The molecule has 6 nitrogen and oxygen atoms in total. The van der Waals surface area contributed by atoms with Crippen molar-refractivity contribution < 1.29 is 9.90 Å². The third-order valence-electron chi connectivity index (χ3n) is 2.68. The van der Waals surface area contributed by atoms with Crippen LogP contribution in [-0.2, 0) is 4.79 Å². The molecule has 0 aliphatic heterocycles. The van der Waals surface area contributed by atoms with Gasteiger partial charge >= 0.3 is 5.97 Å². The highest BCUT2D eigenvalue weighted by Crippen LogP contribution is 2.27. The highest BCUT2D eigenvalue weighted by atomic mass is 32.2. The van der Waals surface area contributed by atoms with Crippen LogP contribution < -0.4 is 0 Å². The molecule has 2 aromatic heterocycles. The zero-order valence-corrected chi connectivity index (χ0v) is 12.4. The number of pyridine rings is 1. The van der Waals surface area contributed by atoms with Gasteiger partial charge in [0.1, 0.15) is 0 Å². The number of aromatic nitrogens is 4. The summed E-state index contributed by atoms with van der Waals surface area (Å²) in [6, 6.07) is 3.99. The van der Waals surface area contributed by atoms with Gasteiger partial charge in [-0.05, 0) is 32.9 Å². The molecular formula is C13H16N4O2S. The van der Waals surface area contributed by atoms with Gasteiger partial charge in [-0.3, -0.25) is 14.3 Å². The summed E-state index contributed by atoms with van der Waals surface area (Å²) in [5, 5.41) is 17.6. The SMILES string of the molecule is Cc1ccc(-c2nnc(SCC(=O)O)n2C(C)C)cn1. The minimum atomic E-state index is -0.869. The maximum Gasteiger partial charge on any atom is 0.313 e. The lowest BCUT2D eigenvalue weighted by atomic mass is 10.2. The molecule has 7 heteroatoms. The van der Waals surface area contributed by atoms with Gasteiger partial charge in [-0.15, -0.1) is 10.2 Å². The number of carboxylic acids is 1. The zero-order chi connectivity index (χ0) is 14.7. The normalized spacial score (nSPS) is 11.0. The summed E-state index contributed by atoms with van der Waals surface area (Å²) in [6.07, 6.45) is 1.75. The van der Waals surface area contributed by atoms with Crippen LogP contribution in [0.4, 0.5) is 0 Å². The molecule has 0 spiro atoms. The molecule has 0 aromatic carbocycles. The summed E-state index contributed by atoms with van der Waals surface area (Å²) in [7, 11) is 0. The van der Waals surface area contributed by atoms with Gasteiger partial charge in [-0.25, -0.2) is 0 Å². The van der Waals surface area contributed by atoms with Crippen LogP contribution in [0.15, 0.2) is 23.5 Å². The summed E-state index contributed by atoms with van der Waals surface area (Å²) < 4.78 is 1.93. The molecule has 0 aliphatic carbocycles. The molecule has 0 aliphatic rings. The molecule has 0 atom stereocenters. The fraction of sp³-hybridized carbons (Fsp3) is 0.385. The lowest BCUT2D eigenvalue weighted by Crippen LogP contribution is -2.07. The number of hydrogen-bond acceptors (Lipinski definition) is 5. The standard InChI is InChI=1S/C13H16N4O2S/c1-8(2)17-12(10-5-4-9(3)14-6-10)15-16-13(17)20-7-11(18)19/h4-6,8H,7H2,1-3H3,(H,18,19). The van der Waals surface area contributed by atoms with Gasteiger partial charge in [-0.2, -0.15) is 0 Å². The Hall–Kier alpha value is -1.89. The van der Waals surface area contributed by atoms with Gasteiger partial charge in [-0.1, -0.05) is 11.8 Å². The Morgan fingerprint density at radius 1 is 1.40 bits per heavy atom. The Balaban J connectivity index is 2.38. The summed E-state index contributed by atoms with van der Waals surface area (Å²) in [6.45, 7) is 5.95. The van der Waals surface area contributed by atoms with E-state index >= 15 is 0 Å². The molecule has 0 fully saturated rings. The Bertz CT molecular complexity index is 607. The quantitative estimate of drug-likeness (QED) is 0.852. The molecule has 0 amide bonds. The Kier molecular flexibility index (Phi) is 4.39. The number of aryl methyl sites for hydroxylation is 1. The van der Waals surface area contributed by atoms with E-state index in [2.05, 4.69) is 15.2 Å². The van der Waals surface area contributed by atoms with Gasteiger partial charge in [0.2, 0.25) is 0 Å². The van der Waals surface area contributed by atoms with E-state index < -0.39 is 5.97 Å². The minimum Gasteiger partial charge on any atom is -0.481 e. The molecule has 2 heterocycles. The van der Waals surface area contributed by atoms with Gasteiger partial charge in [0.05, 0.1) is 5.75 Å². The first-order valence-electron chi connectivity index (χ1n) is 6.21. The van der Waals surface area contributed by atoms with Crippen molar-refractivity contribution in [2.24, 2.45) is 0 Å². The molecule has 0 saturated heterocycles. The summed E-state index contributed by atoms with van der Waals surface area (Å²) >= 11 is 1.17. The molecule has 20 heavy (non-hydrogen) atoms. The van der Waals surface area contributed by atoms with E-state index in [4.69, 9.17) is 5.11 Å². The summed E-state index contributed by atoms with van der Waals surface area (Å²) in [4.78, 5) is 14.9. The molecule has 0 bridgehead atoms. The third-order valence-corrected chi connectivity index (χ3v) is 3.60. The molecule has 106 valence electrons. The van der Waals surface area contributed by atoms with Crippen molar-refractivity contribution in [3.8, 4) is 11.4 Å². The molecular weight excluding hydrogens is 276 g/mol. The first-order chi connectivity index (χ1) is 9.49. The van der Waals surface area contributed by atoms with Crippen molar-refractivity contribution in [1.29, 1.82) is 0 Å². The average Bonchev–Trinajstić information content (AvgIpc) is 2.81.